The standard InChI is InChI=1S/C13H18ClN3O3/c1-13(2)7-17(5-8(6-18)20-13)12(19)9-3-11(15)16-4-10(9)14/h3-4,8,18H,5-7H2,1-2H3,(H2,15,16). The van der Waals surface area contributed by atoms with E-state index in [1.54, 1.807) is 4.90 Å². The third-order valence-corrected chi connectivity index (χ3v) is 3.38. The van der Waals surface area contributed by atoms with Gasteiger partial charge >= 0.3 is 0 Å². The maximum absolute atomic E-state index is 12.5. The largest absolute Gasteiger partial charge is 0.394 e. The van der Waals surface area contributed by atoms with Crippen molar-refractivity contribution in [3.63, 3.8) is 0 Å². The van der Waals surface area contributed by atoms with Crippen LogP contribution in [-0.4, -0.2) is 52.3 Å². The summed E-state index contributed by atoms with van der Waals surface area (Å²) in [4.78, 5) is 18.0. The molecule has 1 atom stereocenters. The van der Waals surface area contributed by atoms with Gasteiger partial charge in [0.05, 0.1) is 28.9 Å². The molecule has 1 aromatic rings. The van der Waals surface area contributed by atoms with Gasteiger partial charge in [-0.2, -0.15) is 0 Å². The third-order valence-electron chi connectivity index (χ3n) is 3.08. The fraction of sp³-hybridized carbons (Fsp3) is 0.538. The Morgan fingerprint density at radius 2 is 2.40 bits per heavy atom. The van der Waals surface area contributed by atoms with Gasteiger partial charge in [-0.15, -0.1) is 0 Å². The van der Waals surface area contributed by atoms with E-state index in [-0.39, 0.29) is 23.4 Å². The number of aromatic nitrogens is 1. The van der Waals surface area contributed by atoms with E-state index in [1.807, 2.05) is 13.8 Å². The number of morpholine rings is 1. The average Bonchev–Trinajstić information content (AvgIpc) is 2.38. The van der Waals surface area contributed by atoms with E-state index < -0.39 is 11.7 Å². The van der Waals surface area contributed by atoms with Crippen molar-refractivity contribution >= 4 is 23.3 Å². The van der Waals surface area contributed by atoms with Crippen LogP contribution in [0.15, 0.2) is 12.3 Å². The molecule has 0 saturated carbocycles. The van der Waals surface area contributed by atoms with Crippen LogP contribution in [0, 0.1) is 0 Å². The van der Waals surface area contributed by atoms with E-state index in [2.05, 4.69) is 4.98 Å². The topological polar surface area (TPSA) is 88.7 Å². The zero-order valence-corrected chi connectivity index (χ0v) is 12.2. The molecule has 1 aliphatic heterocycles. The number of carbonyl (C=O) groups excluding carboxylic acids is 1. The lowest BCUT2D eigenvalue weighted by atomic mass is 10.0. The van der Waals surface area contributed by atoms with Crippen LogP contribution < -0.4 is 5.73 Å². The van der Waals surface area contributed by atoms with E-state index in [9.17, 15) is 9.90 Å². The van der Waals surface area contributed by atoms with Gasteiger partial charge in [-0.1, -0.05) is 11.6 Å². The number of anilines is 1. The highest BCUT2D eigenvalue weighted by Gasteiger charge is 2.36. The minimum Gasteiger partial charge on any atom is -0.394 e. The molecule has 6 nitrogen and oxygen atoms in total. The number of nitrogens with two attached hydrogens (primary N) is 1. The highest BCUT2D eigenvalue weighted by molar-refractivity contribution is 6.33. The van der Waals surface area contributed by atoms with Crippen LogP contribution in [0.4, 0.5) is 5.82 Å². The zero-order chi connectivity index (χ0) is 14.9. The first kappa shape index (κ1) is 15.0. The number of aliphatic hydroxyl groups is 1. The Balaban J connectivity index is 2.25. The van der Waals surface area contributed by atoms with Gasteiger partial charge in [0.2, 0.25) is 0 Å². The predicted octanol–water partition coefficient (Wildman–Crippen LogP) is 0.929. The minimum atomic E-state index is -0.521. The van der Waals surface area contributed by atoms with Crippen molar-refractivity contribution < 1.29 is 14.6 Å². The summed E-state index contributed by atoms with van der Waals surface area (Å²) in [5, 5.41) is 9.53. The van der Waals surface area contributed by atoms with Crippen LogP contribution >= 0.6 is 11.6 Å². The lowest BCUT2D eigenvalue weighted by Crippen LogP contribution is -2.55. The van der Waals surface area contributed by atoms with Gasteiger partial charge in [0, 0.05) is 19.3 Å². The molecule has 0 radical (unpaired) electrons. The highest BCUT2D eigenvalue weighted by atomic mass is 35.5. The number of hydrogen-bond donors (Lipinski definition) is 2. The van der Waals surface area contributed by atoms with Crippen molar-refractivity contribution in [2.45, 2.75) is 25.6 Å². The van der Waals surface area contributed by atoms with E-state index in [0.29, 0.717) is 18.7 Å². The van der Waals surface area contributed by atoms with Crippen LogP contribution in [0.5, 0.6) is 0 Å². The van der Waals surface area contributed by atoms with Crippen LogP contribution in [0.3, 0.4) is 0 Å². The summed E-state index contributed by atoms with van der Waals surface area (Å²) in [6.07, 6.45) is 0.958. The number of hydrogen-bond acceptors (Lipinski definition) is 5. The van der Waals surface area contributed by atoms with Crippen molar-refractivity contribution in [3.8, 4) is 0 Å². The lowest BCUT2D eigenvalue weighted by molar-refractivity contribution is -0.139. The predicted molar refractivity (Wildman–Crippen MR) is 75.6 cm³/mol. The normalized spacial score (nSPS) is 21.8. The van der Waals surface area contributed by atoms with Gasteiger partial charge in [0.25, 0.3) is 5.91 Å². The second kappa shape index (κ2) is 5.55. The first-order chi connectivity index (χ1) is 9.32. The van der Waals surface area contributed by atoms with Crippen LogP contribution in [0.25, 0.3) is 0 Å². The number of rotatable bonds is 2. The van der Waals surface area contributed by atoms with E-state index in [1.165, 1.54) is 12.3 Å². The number of halogens is 1. The number of aliphatic hydroxyl groups excluding tert-OH is 1. The molecule has 1 aliphatic rings. The Labute approximate surface area is 122 Å². The number of nitrogens with zero attached hydrogens (tertiary/aromatic N) is 2. The molecule has 1 amide bonds. The number of nitrogen functional groups attached to an aromatic ring is 1. The fourth-order valence-corrected chi connectivity index (χ4v) is 2.52. The number of carbonyl (C=O) groups is 1. The maximum atomic E-state index is 12.5. The minimum absolute atomic E-state index is 0.139. The Morgan fingerprint density at radius 3 is 3.05 bits per heavy atom. The van der Waals surface area contributed by atoms with Crippen LogP contribution in [-0.2, 0) is 4.74 Å². The SMILES string of the molecule is CC1(C)CN(C(=O)c2cc(N)ncc2Cl)CC(CO)O1. The van der Waals surface area contributed by atoms with Crippen LogP contribution in [0.2, 0.25) is 5.02 Å². The molecule has 110 valence electrons. The van der Waals surface area contributed by atoms with Crippen molar-refractivity contribution in [2.75, 3.05) is 25.4 Å². The van der Waals surface area contributed by atoms with Crippen LogP contribution in [0.1, 0.15) is 24.2 Å². The second-order valence-electron chi connectivity index (χ2n) is 5.46. The molecular formula is C13H18ClN3O3. The molecule has 1 aromatic heterocycles. The Hall–Kier alpha value is -1.37. The summed E-state index contributed by atoms with van der Waals surface area (Å²) in [6.45, 7) is 4.34. The zero-order valence-electron chi connectivity index (χ0n) is 11.5. The first-order valence-electron chi connectivity index (χ1n) is 6.31. The molecule has 1 saturated heterocycles. The smallest absolute Gasteiger partial charge is 0.255 e. The van der Waals surface area contributed by atoms with Gasteiger partial charge in [0.15, 0.2) is 0 Å². The average molecular weight is 300 g/mol. The third kappa shape index (κ3) is 3.20. The summed E-state index contributed by atoms with van der Waals surface area (Å²) >= 11 is 6.01. The molecule has 2 heterocycles. The first-order valence-corrected chi connectivity index (χ1v) is 6.69. The molecule has 7 heteroatoms. The molecule has 20 heavy (non-hydrogen) atoms. The summed E-state index contributed by atoms with van der Waals surface area (Å²) < 4.78 is 5.68. The summed E-state index contributed by atoms with van der Waals surface area (Å²) in [6, 6.07) is 1.46. The molecule has 0 aliphatic carbocycles. The molecule has 0 spiro atoms. The van der Waals surface area contributed by atoms with Gasteiger partial charge in [0.1, 0.15) is 5.82 Å². The van der Waals surface area contributed by atoms with Gasteiger partial charge in [-0.25, -0.2) is 4.98 Å². The van der Waals surface area contributed by atoms with Crippen molar-refractivity contribution in [2.24, 2.45) is 0 Å². The molecule has 3 N–H and O–H groups in total. The van der Waals surface area contributed by atoms with Crippen molar-refractivity contribution in [3.05, 3.63) is 22.8 Å². The molecule has 1 fully saturated rings. The van der Waals surface area contributed by atoms with Gasteiger partial charge < -0.3 is 20.5 Å². The van der Waals surface area contributed by atoms with Gasteiger partial charge in [-0.05, 0) is 19.9 Å². The number of amides is 1. The molecule has 2 rings (SSSR count). The van der Waals surface area contributed by atoms with E-state index in [0.717, 1.165) is 0 Å². The Morgan fingerprint density at radius 1 is 1.70 bits per heavy atom. The van der Waals surface area contributed by atoms with Crippen molar-refractivity contribution in [1.82, 2.24) is 9.88 Å². The molecule has 1 unspecified atom stereocenters. The number of pyridine rings is 1. The molecule has 0 aromatic carbocycles. The maximum Gasteiger partial charge on any atom is 0.255 e. The van der Waals surface area contributed by atoms with E-state index in [4.69, 9.17) is 22.1 Å². The quantitative estimate of drug-likeness (QED) is 0.848. The summed E-state index contributed by atoms with van der Waals surface area (Å²) in [5.74, 6) is 0.00269. The summed E-state index contributed by atoms with van der Waals surface area (Å²) in [5.41, 5.74) is 5.39. The highest BCUT2D eigenvalue weighted by Crippen LogP contribution is 2.25. The molecular weight excluding hydrogens is 282 g/mol. The summed E-state index contributed by atoms with van der Waals surface area (Å²) in [7, 11) is 0. The molecule has 0 bridgehead atoms. The number of ether oxygens (including phenoxy) is 1. The monoisotopic (exact) mass is 299 g/mol. The lowest BCUT2D eigenvalue weighted by Gasteiger charge is -2.42. The second-order valence-corrected chi connectivity index (χ2v) is 5.86. The Kier molecular flexibility index (Phi) is 4.17. The van der Waals surface area contributed by atoms with Gasteiger partial charge in [-0.3, -0.25) is 4.79 Å². The Bertz CT molecular complexity index is 522. The van der Waals surface area contributed by atoms with Crippen molar-refractivity contribution in [1.29, 1.82) is 0 Å². The fourth-order valence-electron chi connectivity index (χ4n) is 2.33. The van der Waals surface area contributed by atoms with E-state index >= 15 is 0 Å².